The molecule has 0 aliphatic carbocycles. The summed E-state index contributed by atoms with van der Waals surface area (Å²) in [5, 5.41) is 28.5. The fourth-order valence-electron chi connectivity index (χ4n) is 2.36. The lowest BCUT2D eigenvalue weighted by Crippen LogP contribution is -2.53. The van der Waals surface area contributed by atoms with E-state index in [4.69, 9.17) is 9.47 Å². The largest absolute Gasteiger partial charge is 0.388 e. The number of aliphatic hydroxyl groups excluding tert-OH is 3. The standard InChI is InChI=1S/C15H30O5/c1-2-3-4-5-6-7-8-9-10-19-15-14(18)13(17)12(16)11-20-15/h12-18H,2-11H2,1H3/t12-,13+,14+,15?/m1/s1. The van der Waals surface area contributed by atoms with Crippen molar-refractivity contribution in [2.75, 3.05) is 13.2 Å². The minimum absolute atomic E-state index is 0.000319. The summed E-state index contributed by atoms with van der Waals surface area (Å²) >= 11 is 0. The molecule has 0 amide bonds. The molecule has 1 heterocycles. The minimum atomic E-state index is -1.19. The molecule has 5 nitrogen and oxygen atoms in total. The van der Waals surface area contributed by atoms with Crippen LogP contribution in [0.3, 0.4) is 0 Å². The summed E-state index contributed by atoms with van der Waals surface area (Å²) in [5.41, 5.74) is 0. The molecular weight excluding hydrogens is 260 g/mol. The first-order valence-electron chi connectivity index (χ1n) is 7.94. The summed E-state index contributed by atoms with van der Waals surface area (Å²) in [6, 6.07) is 0. The van der Waals surface area contributed by atoms with Gasteiger partial charge in [0.05, 0.1) is 6.61 Å². The van der Waals surface area contributed by atoms with E-state index in [2.05, 4.69) is 6.92 Å². The van der Waals surface area contributed by atoms with E-state index < -0.39 is 24.6 Å². The van der Waals surface area contributed by atoms with Crippen LogP contribution in [-0.4, -0.2) is 53.1 Å². The molecule has 0 spiro atoms. The van der Waals surface area contributed by atoms with E-state index in [0.717, 1.165) is 12.8 Å². The van der Waals surface area contributed by atoms with Crippen LogP contribution in [0.2, 0.25) is 0 Å². The predicted molar refractivity (Wildman–Crippen MR) is 76.3 cm³/mol. The highest BCUT2D eigenvalue weighted by atomic mass is 16.7. The molecule has 3 N–H and O–H groups in total. The van der Waals surface area contributed by atoms with Crippen LogP contribution >= 0.6 is 0 Å². The molecule has 120 valence electrons. The Balaban J connectivity index is 1.96. The fraction of sp³-hybridized carbons (Fsp3) is 1.00. The normalized spacial score (nSPS) is 30.6. The monoisotopic (exact) mass is 290 g/mol. The SMILES string of the molecule is CCCCCCCCCCOC1OC[C@@H](O)[C@H](O)[C@@H]1O. The maximum atomic E-state index is 9.67. The zero-order chi connectivity index (χ0) is 14.8. The fourth-order valence-corrected chi connectivity index (χ4v) is 2.36. The highest BCUT2D eigenvalue weighted by Crippen LogP contribution is 2.17. The van der Waals surface area contributed by atoms with Gasteiger partial charge in [-0.15, -0.1) is 0 Å². The highest BCUT2D eigenvalue weighted by Gasteiger charge is 2.37. The Morgan fingerprint density at radius 2 is 1.50 bits per heavy atom. The average molecular weight is 290 g/mol. The third-order valence-corrected chi connectivity index (χ3v) is 3.73. The first-order chi connectivity index (χ1) is 9.66. The summed E-state index contributed by atoms with van der Waals surface area (Å²) in [7, 11) is 0. The molecule has 20 heavy (non-hydrogen) atoms. The van der Waals surface area contributed by atoms with Crippen LogP contribution in [0.25, 0.3) is 0 Å². The third-order valence-electron chi connectivity index (χ3n) is 3.73. The second kappa shape index (κ2) is 10.5. The van der Waals surface area contributed by atoms with Crippen molar-refractivity contribution in [1.82, 2.24) is 0 Å². The number of hydrogen-bond acceptors (Lipinski definition) is 5. The van der Waals surface area contributed by atoms with Crippen LogP contribution in [0.4, 0.5) is 0 Å². The maximum Gasteiger partial charge on any atom is 0.186 e. The van der Waals surface area contributed by atoms with Gasteiger partial charge in [-0.2, -0.15) is 0 Å². The molecule has 1 aliphatic rings. The number of ether oxygens (including phenoxy) is 2. The van der Waals surface area contributed by atoms with Crippen LogP contribution in [-0.2, 0) is 9.47 Å². The molecule has 0 aromatic carbocycles. The van der Waals surface area contributed by atoms with E-state index in [-0.39, 0.29) is 6.61 Å². The van der Waals surface area contributed by atoms with Gasteiger partial charge in [0.25, 0.3) is 0 Å². The van der Waals surface area contributed by atoms with Crippen molar-refractivity contribution in [3.8, 4) is 0 Å². The molecule has 1 fully saturated rings. The Morgan fingerprint density at radius 3 is 2.15 bits per heavy atom. The molecular formula is C15H30O5. The summed E-state index contributed by atoms with van der Waals surface area (Å²) < 4.78 is 10.6. The zero-order valence-corrected chi connectivity index (χ0v) is 12.5. The molecule has 0 aromatic heterocycles. The number of unbranched alkanes of at least 4 members (excludes halogenated alkanes) is 7. The number of rotatable bonds is 10. The van der Waals surface area contributed by atoms with E-state index >= 15 is 0 Å². The smallest absolute Gasteiger partial charge is 0.186 e. The Bertz CT molecular complexity index is 236. The van der Waals surface area contributed by atoms with Gasteiger partial charge in [-0.25, -0.2) is 0 Å². The van der Waals surface area contributed by atoms with Crippen LogP contribution in [0.15, 0.2) is 0 Å². The Labute approximate surface area is 121 Å². The maximum absolute atomic E-state index is 9.67. The van der Waals surface area contributed by atoms with Crippen LogP contribution < -0.4 is 0 Å². The van der Waals surface area contributed by atoms with Gasteiger partial charge in [0.1, 0.15) is 18.3 Å². The van der Waals surface area contributed by atoms with Gasteiger partial charge in [0, 0.05) is 6.61 Å². The molecule has 0 radical (unpaired) electrons. The zero-order valence-electron chi connectivity index (χ0n) is 12.5. The molecule has 5 heteroatoms. The second-order valence-electron chi connectivity index (χ2n) is 5.60. The topological polar surface area (TPSA) is 79.2 Å². The summed E-state index contributed by atoms with van der Waals surface area (Å²) in [6.45, 7) is 2.73. The Hall–Kier alpha value is -0.200. The van der Waals surface area contributed by atoms with Gasteiger partial charge in [0.2, 0.25) is 0 Å². The van der Waals surface area contributed by atoms with Gasteiger partial charge in [-0.05, 0) is 6.42 Å². The van der Waals surface area contributed by atoms with Crippen molar-refractivity contribution >= 4 is 0 Å². The summed E-state index contributed by atoms with van der Waals surface area (Å²) in [5.74, 6) is 0. The van der Waals surface area contributed by atoms with E-state index in [1.807, 2.05) is 0 Å². The van der Waals surface area contributed by atoms with E-state index in [0.29, 0.717) is 6.61 Å². The Morgan fingerprint density at radius 1 is 0.900 bits per heavy atom. The number of hydrogen-bond donors (Lipinski definition) is 3. The van der Waals surface area contributed by atoms with Crippen molar-refractivity contribution in [3.05, 3.63) is 0 Å². The van der Waals surface area contributed by atoms with Crippen molar-refractivity contribution in [2.45, 2.75) is 82.9 Å². The first-order valence-corrected chi connectivity index (χ1v) is 7.94. The molecule has 0 aromatic rings. The molecule has 1 saturated heterocycles. The van der Waals surface area contributed by atoms with Crippen LogP contribution in [0.1, 0.15) is 58.3 Å². The van der Waals surface area contributed by atoms with E-state index in [1.54, 1.807) is 0 Å². The van der Waals surface area contributed by atoms with Gasteiger partial charge in [-0.1, -0.05) is 51.9 Å². The average Bonchev–Trinajstić information content (AvgIpc) is 2.45. The lowest BCUT2D eigenvalue weighted by atomic mass is 10.1. The van der Waals surface area contributed by atoms with Gasteiger partial charge in [-0.3, -0.25) is 0 Å². The van der Waals surface area contributed by atoms with Crippen molar-refractivity contribution in [1.29, 1.82) is 0 Å². The highest BCUT2D eigenvalue weighted by molar-refractivity contribution is 4.82. The first kappa shape index (κ1) is 17.9. The summed E-state index contributed by atoms with van der Waals surface area (Å²) in [6.07, 6.45) is 5.55. The van der Waals surface area contributed by atoms with Crippen molar-refractivity contribution in [2.24, 2.45) is 0 Å². The minimum Gasteiger partial charge on any atom is -0.388 e. The van der Waals surface area contributed by atoms with Crippen LogP contribution in [0.5, 0.6) is 0 Å². The lowest BCUT2D eigenvalue weighted by Gasteiger charge is -2.34. The van der Waals surface area contributed by atoms with E-state index in [1.165, 1.54) is 38.5 Å². The van der Waals surface area contributed by atoms with Gasteiger partial charge < -0.3 is 24.8 Å². The van der Waals surface area contributed by atoms with Crippen molar-refractivity contribution < 1.29 is 24.8 Å². The third kappa shape index (κ3) is 6.50. The van der Waals surface area contributed by atoms with Gasteiger partial charge >= 0.3 is 0 Å². The molecule has 4 atom stereocenters. The molecule has 0 saturated carbocycles. The molecule has 0 bridgehead atoms. The molecule has 1 rings (SSSR count). The second-order valence-corrected chi connectivity index (χ2v) is 5.60. The van der Waals surface area contributed by atoms with E-state index in [9.17, 15) is 15.3 Å². The van der Waals surface area contributed by atoms with Crippen LogP contribution in [0, 0.1) is 0 Å². The quantitative estimate of drug-likeness (QED) is 0.532. The van der Waals surface area contributed by atoms with Crippen molar-refractivity contribution in [3.63, 3.8) is 0 Å². The lowest BCUT2D eigenvalue weighted by molar-refractivity contribution is -0.270. The predicted octanol–water partition coefficient (Wildman–Crippen LogP) is 1.58. The summed E-state index contributed by atoms with van der Waals surface area (Å²) in [4.78, 5) is 0. The number of aliphatic hydroxyl groups is 3. The van der Waals surface area contributed by atoms with Gasteiger partial charge in [0.15, 0.2) is 6.29 Å². The molecule has 1 aliphatic heterocycles. The molecule has 1 unspecified atom stereocenters. The Kier molecular flexibility index (Phi) is 9.39.